The third kappa shape index (κ3) is 4.82. The van der Waals surface area contributed by atoms with E-state index < -0.39 is 10.0 Å². The zero-order valence-electron chi connectivity index (χ0n) is 17.4. The van der Waals surface area contributed by atoms with Crippen LogP contribution in [0.5, 0.6) is 0 Å². The van der Waals surface area contributed by atoms with Crippen LogP contribution >= 0.6 is 23.2 Å². The number of aryl methyl sites for hydroxylation is 1. The van der Waals surface area contributed by atoms with Crippen LogP contribution in [0.3, 0.4) is 0 Å². The fourth-order valence-corrected chi connectivity index (χ4v) is 4.71. The number of halogens is 2. The minimum Gasteiger partial charge on any atom is -0.276 e. The molecule has 2 aromatic carbocycles. The molecule has 0 spiro atoms. The van der Waals surface area contributed by atoms with Crippen LogP contribution in [0.25, 0.3) is 0 Å². The van der Waals surface area contributed by atoms with E-state index >= 15 is 0 Å². The van der Waals surface area contributed by atoms with Gasteiger partial charge in [-0.25, -0.2) is 8.42 Å². The van der Waals surface area contributed by atoms with Crippen molar-refractivity contribution in [3.8, 4) is 0 Å². The number of anilines is 1. The predicted molar refractivity (Wildman–Crippen MR) is 123 cm³/mol. The first kappa shape index (κ1) is 22.7. The molecule has 1 unspecified atom stereocenters. The third-order valence-electron chi connectivity index (χ3n) is 5.31. The number of hydrogen-bond acceptors (Lipinski definition) is 3. The average Bonchev–Trinajstić information content (AvgIpc) is 2.97. The number of aromatic nitrogens is 2. The molecule has 1 N–H and O–H groups in total. The number of benzene rings is 2. The highest BCUT2D eigenvalue weighted by molar-refractivity contribution is 7.92. The van der Waals surface area contributed by atoms with Crippen molar-refractivity contribution < 1.29 is 8.42 Å². The maximum Gasteiger partial charge on any atom is 0.262 e. The summed E-state index contributed by atoms with van der Waals surface area (Å²) in [5.74, 6) is 0.388. The molecule has 0 fully saturated rings. The van der Waals surface area contributed by atoms with Crippen molar-refractivity contribution in [1.82, 2.24) is 9.78 Å². The van der Waals surface area contributed by atoms with Crippen LogP contribution in [-0.2, 0) is 16.6 Å². The largest absolute Gasteiger partial charge is 0.276 e. The van der Waals surface area contributed by atoms with E-state index in [1.54, 1.807) is 35.9 Å². The van der Waals surface area contributed by atoms with Crippen molar-refractivity contribution in [3.63, 3.8) is 0 Å². The number of rotatable bonds is 7. The molecule has 160 valence electrons. The molecule has 0 saturated heterocycles. The lowest BCUT2D eigenvalue weighted by Crippen LogP contribution is -2.14. The Morgan fingerprint density at radius 2 is 1.73 bits per heavy atom. The van der Waals surface area contributed by atoms with Crippen LogP contribution in [0.15, 0.2) is 47.4 Å². The summed E-state index contributed by atoms with van der Waals surface area (Å²) in [6, 6.07) is 12.4. The van der Waals surface area contributed by atoms with Crippen molar-refractivity contribution in [3.05, 3.63) is 75.0 Å². The molecule has 8 heteroatoms. The molecule has 30 heavy (non-hydrogen) atoms. The predicted octanol–water partition coefficient (Wildman–Crippen LogP) is 6.17. The van der Waals surface area contributed by atoms with Gasteiger partial charge in [0.15, 0.2) is 0 Å². The summed E-state index contributed by atoms with van der Waals surface area (Å²) in [5.41, 5.74) is 3.86. The van der Waals surface area contributed by atoms with Crippen molar-refractivity contribution in [2.45, 2.75) is 51.5 Å². The second-order valence-corrected chi connectivity index (χ2v) is 9.93. The van der Waals surface area contributed by atoms with E-state index in [2.05, 4.69) is 23.7 Å². The SMILES string of the molecule is CCC(C)c1ccc(S(=O)(=O)Nc2c(C)nn(Cc3ccc(Cl)c(Cl)c3)c2C)cc1. The molecule has 1 heterocycles. The van der Waals surface area contributed by atoms with E-state index in [0.717, 1.165) is 23.2 Å². The van der Waals surface area contributed by atoms with Crippen LogP contribution in [0.1, 0.15) is 48.7 Å². The molecule has 0 bridgehead atoms. The van der Waals surface area contributed by atoms with Crippen molar-refractivity contribution >= 4 is 38.9 Å². The van der Waals surface area contributed by atoms with E-state index in [1.165, 1.54) is 0 Å². The summed E-state index contributed by atoms with van der Waals surface area (Å²) in [4.78, 5) is 0.227. The van der Waals surface area contributed by atoms with Gasteiger partial charge in [-0.05, 0) is 61.6 Å². The van der Waals surface area contributed by atoms with Gasteiger partial charge < -0.3 is 0 Å². The Hall–Kier alpha value is -2.02. The molecule has 3 rings (SSSR count). The van der Waals surface area contributed by atoms with E-state index in [-0.39, 0.29) is 4.90 Å². The van der Waals surface area contributed by atoms with Gasteiger partial charge in [-0.2, -0.15) is 5.10 Å². The van der Waals surface area contributed by atoms with Gasteiger partial charge in [0.2, 0.25) is 0 Å². The van der Waals surface area contributed by atoms with Gasteiger partial charge in [-0.1, -0.05) is 55.2 Å². The zero-order chi connectivity index (χ0) is 22.1. The Balaban J connectivity index is 1.85. The lowest BCUT2D eigenvalue weighted by atomic mass is 9.99. The highest BCUT2D eigenvalue weighted by atomic mass is 35.5. The zero-order valence-corrected chi connectivity index (χ0v) is 19.7. The van der Waals surface area contributed by atoms with Crippen LogP contribution in [0, 0.1) is 13.8 Å². The van der Waals surface area contributed by atoms with Gasteiger partial charge in [0.25, 0.3) is 10.0 Å². The third-order valence-corrected chi connectivity index (χ3v) is 7.41. The summed E-state index contributed by atoms with van der Waals surface area (Å²) >= 11 is 12.1. The topological polar surface area (TPSA) is 64.0 Å². The minimum atomic E-state index is -3.72. The Bertz CT molecular complexity index is 1160. The van der Waals surface area contributed by atoms with Crippen molar-refractivity contribution in [2.24, 2.45) is 0 Å². The summed E-state index contributed by atoms with van der Waals surface area (Å²) < 4.78 is 30.3. The van der Waals surface area contributed by atoms with E-state index in [9.17, 15) is 8.42 Å². The Kier molecular flexibility index (Phi) is 6.80. The van der Waals surface area contributed by atoms with E-state index in [1.807, 2.05) is 25.1 Å². The normalized spacial score (nSPS) is 12.7. The monoisotopic (exact) mass is 465 g/mol. The number of nitrogens with zero attached hydrogens (tertiary/aromatic N) is 2. The first-order chi connectivity index (χ1) is 14.1. The molecule has 0 radical (unpaired) electrons. The molecule has 0 amide bonds. The molecule has 3 aromatic rings. The maximum absolute atomic E-state index is 12.9. The quantitative estimate of drug-likeness (QED) is 0.453. The van der Waals surface area contributed by atoms with Gasteiger partial charge in [0, 0.05) is 0 Å². The second-order valence-electron chi connectivity index (χ2n) is 7.44. The second kappa shape index (κ2) is 9.00. The molecular weight excluding hydrogens is 441 g/mol. The molecular formula is C22H25Cl2N3O2S. The molecule has 0 aliphatic rings. The van der Waals surface area contributed by atoms with Gasteiger partial charge in [-0.3, -0.25) is 9.40 Å². The lowest BCUT2D eigenvalue weighted by molar-refractivity contribution is 0.601. The van der Waals surface area contributed by atoms with E-state index in [0.29, 0.717) is 33.9 Å². The van der Waals surface area contributed by atoms with Gasteiger partial charge in [0.1, 0.15) is 0 Å². The first-order valence-electron chi connectivity index (χ1n) is 9.73. The lowest BCUT2D eigenvalue weighted by Gasteiger charge is -2.12. The summed E-state index contributed by atoms with van der Waals surface area (Å²) in [6.07, 6.45) is 1.00. The van der Waals surface area contributed by atoms with Crippen molar-refractivity contribution in [2.75, 3.05) is 4.72 Å². The van der Waals surface area contributed by atoms with Crippen LogP contribution in [0.4, 0.5) is 5.69 Å². The average molecular weight is 466 g/mol. The standard InChI is InChI=1S/C22H25Cl2N3O2S/c1-5-14(2)18-7-9-19(10-8-18)30(28,29)26-22-15(3)25-27(16(22)4)13-17-6-11-20(23)21(24)12-17/h6-12,14,26H,5,13H2,1-4H3. The molecule has 1 aromatic heterocycles. The number of hydrogen-bond donors (Lipinski definition) is 1. The Morgan fingerprint density at radius 1 is 1.07 bits per heavy atom. The summed E-state index contributed by atoms with van der Waals surface area (Å²) in [7, 11) is -3.72. The maximum atomic E-state index is 12.9. The van der Waals surface area contributed by atoms with Gasteiger partial charge in [0.05, 0.1) is 38.6 Å². The molecule has 5 nitrogen and oxygen atoms in total. The van der Waals surface area contributed by atoms with Gasteiger partial charge in [-0.15, -0.1) is 0 Å². The van der Waals surface area contributed by atoms with Gasteiger partial charge >= 0.3 is 0 Å². The van der Waals surface area contributed by atoms with Crippen molar-refractivity contribution in [1.29, 1.82) is 0 Å². The van der Waals surface area contributed by atoms with Crippen LogP contribution in [0.2, 0.25) is 10.0 Å². The highest BCUT2D eigenvalue weighted by Gasteiger charge is 2.20. The Labute approximate surface area is 188 Å². The number of sulfonamides is 1. The minimum absolute atomic E-state index is 0.227. The summed E-state index contributed by atoms with van der Waals surface area (Å²) in [6.45, 7) is 8.30. The fourth-order valence-electron chi connectivity index (χ4n) is 3.21. The molecule has 1 atom stereocenters. The van der Waals surface area contributed by atoms with Crippen LogP contribution < -0.4 is 4.72 Å². The smallest absolute Gasteiger partial charge is 0.262 e. The molecule has 0 aliphatic carbocycles. The molecule has 0 saturated carbocycles. The summed E-state index contributed by atoms with van der Waals surface area (Å²) in [5, 5.41) is 5.45. The highest BCUT2D eigenvalue weighted by Crippen LogP contribution is 2.27. The van der Waals surface area contributed by atoms with E-state index in [4.69, 9.17) is 23.2 Å². The first-order valence-corrected chi connectivity index (χ1v) is 12.0. The molecule has 0 aliphatic heterocycles. The van der Waals surface area contributed by atoms with Crippen LogP contribution in [-0.4, -0.2) is 18.2 Å². The Morgan fingerprint density at radius 3 is 2.33 bits per heavy atom. The fraction of sp³-hybridized carbons (Fsp3) is 0.318. The number of nitrogens with one attached hydrogen (secondary N) is 1.